The van der Waals surface area contributed by atoms with Crippen LogP contribution in [-0.2, 0) is 17.8 Å². The highest BCUT2D eigenvalue weighted by atomic mass is 32.2. The number of hydrogen-bond donors (Lipinski definition) is 3. The number of amides is 2. The first-order valence-corrected chi connectivity index (χ1v) is 13.4. The summed E-state index contributed by atoms with van der Waals surface area (Å²) in [6.07, 6.45) is 0.769. The number of aliphatic hydroxyl groups excluding tert-OH is 1. The van der Waals surface area contributed by atoms with Gasteiger partial charge in [-0.3, -0.25) is 14.9 Å². The second kappa shape index (κ2) is 11.8. The van der Waals surface area contributed by atoms with E-state index in [9.17, 15) is 14.7 Å². The normalized spacial score (nSPS) is 16.0. The summed E-state index contributed by atoms with van der Waals surface area (Å²) in [5.41, 5.74) is 9.08. The van der Waals surface area contributed by atoms with E-state index < -0.39 is 0 Å². The first-order chi connectivity index (χ1) is 17.7. The molecule has 1 aliphatic rings. The van der Waals surface area contributed by atoms with Crippen LogP contribution in [0, 0.1) is 20.8 Å². The lowest BCUT2D eigenvalue weighted by molar-refractivity contribution is -0.118. The summed E-state index contributed by atoms with van der Waals surface area (Å²) in [7, 11) is 0. The molecule has 0 spiro atoms. The molecule has 0 saturated carbocycles. The number of carbonyl (C=O) groups excluding carboxylic acids is 2. The van der Waals surface area contributed by atoms with Gasteiger partial charge in [0.2, 0.25) is 5.91 Å². The van der Waals surface area contributed by atoms with Crippen molar-refractivity contribution in [2.75, 3.05) is 11.9 Å². The number of benzene rings is 3. The Kier molecular flexibility index (Phi) is 8.56. The van der Waals surface area contributed by atoms with E-state index in [0.29, 0.717) is 26.0 Å². The molecule has 1 fully saturated rings. The summed E-state index contributed by atoms with van der Waals surface area (Å²) in [5.74, 6) is 0.649. The molecule has 194 valence electrons. The van der Waals surface area contributed by atoms with E-state index in [0.717, 1.165) is 39.9 Å². The molecule has 0 bridgehead atoms. The fourth-order valence-electron chi connectivity index (χ4n) is 4.44. The van der Waals surface area contributed by atoms with Crippen molar-refractivity contribution in [2.24, 2.45) is 0 Å². The second-order valence-electron chi connectivity index (χ2n) is 9.65. The molecular formula is C30H34N2O4S. The van der Waals surface area contributed by atoms with Crippen molar-refractivity contribution in [3.63, 3.8) is 0 Å². The zero-order chi connectivity index (χ0) is 26.5. The number of thioether (sulfide) groups is 1. The van der Waals surface area contributed by atoms with Crippen LogP contribution in [0.5, 0.6) is 5.75 Å². The van der Waals surface area contributed by atoms with Crippen LogP contribution in [0.3, 0.4) is 0 Å². The van der Waals surface area contributed by atoms with E-state index in [4.69, 9.17) is 4.74 Å². The van der Waals surface area contributed by atoms with Gasteiger partial charge >= 0.3 is 0 Å². The Hall–Kier alpha value is -3.29. The van der Waals surface area contributed by atoms with Gasteiger partial charge in [-0.2, -0.15) is 0 Å². The number of ether oxygens (including phenoxy) is 1. The fourth-order valence-corrected chi connectivity index (χ4v) is 5.30. The highest BCUT2D eigenvalue weighted by Crippen LogP contribution is 2.33. The molecule has 3 N–H and O–H groups in total. The first kappa shape index (κ1) is 26.8. The minimum absolute atomic E-state index is 0.212. The standard InChI is InChI=1S/C30H34N2O4S/c1-18-15-27(36-13-12-20(3)33)19(2)14-26(18)25-7-5-6-23(21(25)4)17-31-24-10-8-22(9-11-24)16-28-29(34)32-30(35)37-28/h5-11,14-15,20,28,31,33H,12-13,16-17H2,1-4H3,(H,32,34,35)/t20-,28?/m1/s1. The lowest BCUT2D eigenvalue weighted by atomic mass is 9.92. The first-order valence-electron chi connectivity index (χ1n) is 12.6. The van der Waals surface area contributed by atoms with E-state index in [-0.39, 0.29) is 22.5 Å². The Morgan fingerprint density at radius 3 is 2.46 bits per heavy atom. The van der Waals surface area contributed by atoms with E-state index in [1.165, 1.54) is 22.3 Å². The minimum atomic E-state index is -0.371. The van der Waals surface area contributed by atoms with Gasteiger partial charge in [-0.05, 0) is 97.3 Å². The summed E-state index contributed by atoms with van der Waals surface area (Å²) < 4.78 is 5.91. The Morgan fingerprint density at radius 2 is 1.78 bits per heavy atom. The predicted molar refractivity (Wildman–Crippen MR) is 150 cm³/mol. The van der Waals surface area contributed by atoms with Gasteiger partial charge in [0.1, 0.15) is 5.75 Å². The summed E-state index contributed by atoms with van der Waals surface area (Å²) in [5, 5.41) is 14.7. The molecule has 3 aromatic carbocycles. The van der Waals surface area contributed by atoms with Crippen LogP contribution in [0.15, 0.2) is 54.6 Å². The number of aliphatic hydroxyl groups is 1. The van der Waals surface area contributed by atoms with Gasteiger partial charge in [0, 0.05) is 18.7 Å². The van der Waals surface area contributed by atoms with Gasteiger partial charge in [-0.15, -0.1) is 0 Å². The van der Waals surface area contributed by atoms with E-state index in [1.54, 1.807) is 6.92 Å². The maximum absolute atomic E-state index is 11.8. The van der Waals surface area contributed by atoms with Crippen LogP contribution >= 0.6 is 11.8 Å². The number of nitrogens with one attached hydrogen (secondary N) is 2. The molecule has 1 saturated heterocycles. The Bertz CT molecular complexity index is 1290. The largest absolute Gasteiger partial charge is 0.493 e. The molecule has 2 atom stereocenters. The van der Waals surface area contributed by atoms with Crippen LogP contribution in [0.1, 0.15) is 41.2 Å². The molecule has 7 heteroatoms. The number of hydrogen-bond acceptors (Lipinski definition) is 6. The van der Waals surface area contributed by atoms with Crippen LogP contribution in [0.25, 0.3) is 11.1 Å². The van der Waals surface area contributed by atoms with E-state index >= 15 is 0 Å². The van der Waals surface area contributed by atoms with Gasteiger partial charge in [-0.1, -0.05) is 42.1 Å². The Balaban J connectivity index is 1.43. The molecule has 0 aromatic heterocycles. The molecule has 3 aromatic rings. The van der Waals surface area contributed by atoms with Gasteiger partial charge < -0.3 is 15.2 Å². The number of rotatable bonds is 10. The summed E-state index contributed by atoms with van der Waals surface area (Å²) in [6, 6.07) is 18.7. The monoisotopic (exact) mass is 518 g/mol. The molecule has 1 aliphatic heterocycles. The summed E-state index contributed by atoms with van der Waals surface area (Å²) in [4.78, 5) is 23.2. The van der Waals surface area contributed by atoms with Crippen molar-refractivity contribution in [1.29, 1.82) is 0 Å². The Labute approximate surface area is 222 Å². The van der Waals surface area contributed by atoms with Crippen molar-refractivity contribution < 1.29 is 19.4 Å². The third-order valence-corrected chi connectivity index (χ3v) is 7.66. The minimum Gasteiger partial charge on any atom is -0.493 e. The molecule has 37 heavy (non-hydrogen) atoms. The Morgan fingerprint density at radius 1 is 1.03 bits per heavy atom. The van der Waals surface area contributed by atoms with Crippen LogP contribution in [0.2, 0.25) is 0 Å². The highest BCUT2D eigenvalue weighted by Gasteiger charge is 2.31. The smallest absolute Gasteiger partial charge is 0.286 e. The molecular weight excluding hydrogens is 484 g/mol. The number of aryl methyl sites for hydroxylation is 2. The SMILES string of the molecule is Cc1cc(-c2cccc(CNc3ccc(CC4SC(=O)NC4=O)cc3)c2C)c(C)cc1OCC[C@@H](C)O. The van der Waals surface area contributed by atoms with Crippen molar-refractivity contribution in [2.45, 2.75) is 58.4 Å². The van der Waals surface area contributed by atoms with Crippen molar-refractivity contribution in [3.05, 3.63) is 82.4 Å². The third-order valence-electron chi connectivity index (χ3n) is 6.68. The van der Waals surface area contributed by atoms with Crippen molar-refractivity contribution in [3.8, 4) is 16.9 Å². The maximum Gasteiger partial charge on any atom is 0.286 e. The zero-order valence-electron chi connectivity index (χ0n) is 21.8. The van der Waals surface area contributed by atoms with Crippen molar-refractivity contribution >= 4 is 28.6 Å². The number of anilines is 1. The molecule has 4 rings (SSSR count). The molecule has 0 radical (unpaired) electrons. The maximum atomic E-state index is 11.8. The highest BCUT2D eigenvalue weighted by molar-refractivity contribution is 8.15. The van der Waals surface area contributed by atoms with Gasteiger partial charge in [0.05, 0.1) is 18.0 Å². The average Bonchev–Trinajstić information content (AvgIpc) is 3.17. The van der Waals surface area contributed by atoms with E-state index in [1.807, 2.05) is 24.3 Å². The quantitative estimate of drug-likeness (QED) is 0.308. The third kappa shape index (κ3) is 6.73. The molecule has 6 nitrogen and oxygen atoms in total. The number of imide groups is 1. The molecule has 2 amide bonds. The topological polar surface area (TPSA) is 87.7 Å². The van der Waals surface area contributed by atoms with Gasteiger partial charge in [0.15, 0.2) is 0 Å². The average molecular weight is 519 g/mol. The lowest BCUT2D eigenvalue weighted by Gasteiger charge is -2.17. The summed E-state index contributed by atoms with van der Waals surface area (Å²) in [6.45, 7) is 9.27. The fraction of sp³-hybridized carbons (Fsp3) is 0.333. The zero-order valence-corrected chi connectivity index (χ0v) is 22.6. The van der Waals surface area contributed by atoms with Crippen LogP contribution in [0.4, 0.5) is 10.5 Å². The lowest BCUT2D eigenvalue weighted by Crippen LogP contribution is -2.25. The molecule has 1 heterocycles. The molecule has 0 aliphatic carbocycles. The van der Waals surface area contributed by atoms with Crippen molar-refractivity contribution in [1.82, 2.24) is 5.32 Å². The van der Waals surface area contributed by atoms with Crippen LogP contribution in [-0.4, -0.2) is 34.2 Å². The van der Waals surface area contributed by atoms with E-state index in [2.05, 4.69) is 61.7 Å². The summed E-state index contributed by atoms with van der Waals surface area (Å²) >= 11 is 1.06. The second-order valence-corrected chi connectivity index (χ2v) is 10.8. The number of carbonyl (C=O) groups is 2. The van der Waals surface area contributed by atoms with Crippen LogP contribution < -0.4 is 15.4 Å². The van der Waals surface area contributed by atoms with Gasteiger partial charge in [0.25, 0.3) is 5.24 Å². The van der Waals surface area contributed by atoms with Gasteiger partial charge in [-0.25, -0.2) is 0 Å². The molecule has 1 unspecified atom stereocenters. The predicted octanol–water partition coefficient (Wildman–Crippen LogP) is 5.93.